The third kappa shape index (κ3) is 2.61. The molecule has 2 bridgehead atoms. The van der Waals surface area contributed by atoms with Crippen LogP contribution in [0.15, 0.2) is 12.1 Å². The van der Waals surface area contributed by atoms with E-state index in [9.17, 15) is 0 Å². The lowest BCUT2D eigenvalue weighted by Gasteiger charge is -2.39. The zero-order valence-electron chi connectivity index (χ0n) is 12.4. The Balaban J connectivity index is 1.78. The number of aryl methyl sites for hydroxylation is 1. The van der Waals surface area contributed by atoms with Crippen LogP contribution in [-0.2, 0) is 0 Å². The minimum absolute atomic E-state index is 0.584. The Kier molecular flexibility index (Phi) is 3.97. The van der Waals surface area contributed by atoms with Crippen molar-refractivity contribution >= 4 is 11.3 Å². The van der Waals surface area contributed by atoms with Gasteiger partial charge in [-0.1, -0.05) is 6.92 Å². The largest absolute Gasteiger partial charge is 0.309 e. The second-order valence-corrected chi connectivity index (χ2v) is 7.59. The number of fused-ring (bicyclic) bond motifs is 2. The first-order chi connectivity index (χ1) is 9.19. The maximum atomic E-state index is 3.76. The van der Waals surface area contributed by atoms with Crippen molar-refractivity contribution in [2.45, 2.75) is 57.7 Å². The lowest BCUT2D eigenvalue weighted by atomic mass is 9.84. The molecule has 0 amide bonds. The van der Waals surface area contributed by atoms with Crippen LogP contribution in [0.1, 0.15) is 48.4 Å². The van der Waals surface area contributed by atoms with Crippen LogP contribution < -0.4 is 5.32 Å². The van der Waals surface area contributed by atoms with Gasteiger partial charge in [-0.05, 0) is 64.3 Å². The lowest BCUT2D eigenvalue weighted by Crippen LogP contribution is -2.43. The maximum Gasteiger partial charge on any atom is 0.0444 e. The fraction of sp³-hybridized carbons (Fsp3) is 0.750. The average molecular weight is 278 g/mol. The van der Waals surface area contributed by atoms with Crippen molar-refractivity contribution in [3.63, 3.8) is 0 Å². The predicted molar refractivity (Wildman–Crippen MR) is 82.8 cm³/mol. The number of hydrogen-bond acceptors (Lipinski definition) is 3. The fourth-order valence-electron chi connectivity index (χ4n) is 4.07. The second-order valence-electron chi connectivity index (χ2n) is 6.27. The predicted octanol–water partition coefficient (Wildman–Crippen LogP) is 3.58. The third-order valence-electron chi connectivity index (χ3n) is 5.10. The van der Waals surface area contributed by atoms with Crippen molar-refractivity contribution < 1.29 is 0 Å². The van der Waals surface area contributed by atoms with Gasteiger partial charge in [0.15, 0.2) is 0 Å². The Hall–Kier alpha value is -0.380. The summed E-state index contributed by atoms with van der Waals surface area (Å²) in [5.41, 5.74) is 0. The molecule has 0 aliphatic carbocycles. The molecule has 0 aromatic carbocycles. The van der Waals surface area contributed by atoms with Crippen molar-refractivity contribution in [2.24, 2.45) is 5.92 Å². The molecule has 1 aromatic rings. The highest BCUT2D eigenvalue weighted by atomic mass is 32.1. The quantitative estimate of drug-likeness (QED) is 0.905. The molecule has 2 aliphatic rings. The molecule has 0 spiro atoms. The number of hydrogen-bond donors (Lipinski definition) is 1. The van der Waals surface area contributed by atoms with Gasteiger partial charge in [-0.3, -0.25) is 0 Å². The summed E-state index contributed by atoms with van der Waals surface area (Å²) in [5, 5.41) is 3.76. The van der Waals surface area contributed by atoms with E-state index in [1.165, 1.54) is 30.6 Å². The van der Waals surface area contributed by atoms with Gasteiger partial charge in [0.1, 0.15) is 0 Å². The average Bonchev–Trinajstić information content (AvgIpc) is 2.87. The van der Waals surface area contributed by atoms with Crippen LogP contribution >= 0.6 is 11.3 Å². The molecule has 1 N–H and O–H groups in total. The van der Waals surface area contributed by atoms with E-state index in [0.717, 1.165) is 24.5 Å². The Bertz CT molecular complexity index is 414. The molecule has 19 heavy (non-hydrogen) atoms. The summed E-state index contributed by atoms with van der Waals surface area (Å²) in [6.45, 7) is 5.52. The maximum absolute atomic E-state index is 3.76. The first kappa shape index (κ1) is 13.6. The minimum Gasteiger partial charge on any atom is -0.309 e. The van der Waals surface area contributed by atoms with Crippen LogP contribution in [0.4, 0.5) is 0 Å². The summed E-state index contributed by atoms with van der Waals surface area (Å²) < 4.78 is 0. The van der Waals surface area contributed by atoms with Crippen LogP contribution in [0.2, 0.25) is 0 Å². The molecule has 3 rings (SSSR count). The SMILES string of the molecule is CCNC(c1ccc(C)s1)C1CC2CCC(C1)N2C. The van der Waals surface area contributed by atoms with Gasteiger partial charge in [0.25, 0.3) is 0 Å². The molecule has 1 aromatic heterocycles. The van der Waals surface area contributed by atoms with Gasteiger partial charge >= 0.3 is 0 Å². The molecule has 3 heterocycles. The van der Waals surface area contributed by atoms with Gasteiger partial charge in [-0.15, -0.1) is 11.3 Å². The normalized spacial score (nSPS) is 32.7. The number of nitrogens with zero attached hydrogens (tertiary/aromatic N) is 1. The Morgan fingerprint density at radius 1 is 1.32 bits per heavy atom. The molecular formula is C16H26N2S. The van der Waals surface area contributed by atoms with Gasteiger partial charge in [-0.25, -0.2) is 0 Å². The van der Waals surface area contributed by atoms with Crippen molar-refractivity contribution in [1.29, 1.82) is 0 Å². The van der Waals surface area contributed by atoms with E-state index in [2.05, 4.69) is 43.2 Å². The number of thiophene rings is 1. The molecule has 3 atom stereocenters. The van der Waals surface area contributed by atoms with E-state index >= 15 is 0 Å². The summed E-state index contributed by atoms with van der Waals surface area (Å²) in [5.74, 6) is 0.826. The molecule has 3 unspecified atom stereocenters. The van der Waals surface area contributed by atoms with Gasteiger partial charge in [0.2, 0.25) is 0 Å². The monoisotopic (exact) mass is 278 g/mol. The summed E-state index contributed by atoms with van der Waals surface area (Å²) in [4.78, 5) is 5.63. The van der Waals surface area contributed by atoms with Gasteiger partial charge in [-0.2, -0.15) is 0 Å². The van der Waals surface area contributed by atoms with Crippen molar-refractivity contribution in [2.75, 3.05) is 13.6 Å². The Morgan fingerprint density at radius 2 is 2.00 bits per heavy atom. The van der Waals surface area contributed by atoms with E-state index in [4.69, 9.17) is 0 Å². The van der Waals surface area contributed by atoms with Crippen LogP contribution in [0.3, 0.4) is 0 Å². The van der Waals surface area contributed by atoms with Gasteiger partial charge in [0, 0.05) is 27.9 Å². The van der Waals surface area contributed by atoms with E-state index in [1.807, 2.05) is 11.3 Å². The van der Waals surface area contributed by atoms with Gasteiger partial charge < -0.3 is 10.2 Å². The number of nitrogens with one attached hydrogen (secondary N) is 1. The summed E-state index contributed by atoms with van der Waals surface area (Å²) in [7, 11) is 2.33. The molecule has 2 saturated heterocycles. The molecule has 0 radical (unpaired) electrons. The topological polar surface area (TPSA) is 15.3 Å². The molecular weight excluding hydrogens is 252 g/mol. The van der Waals surface area contributed by atoms with Crippen LogP contribution in [0.5, 0.6) is 0 Å². The van der Waals surface area contributed by atoms with Crippen molar-refractivity contribution in [3.05, 3.63) is 21.9 Å². The van der Waals surface area contributed by atoms with Crippen LogP contribution in [-0.4, -0.2) is 30.6 Å². The highest BCUT2D eigenvalue weighted by Crippen LogP contribution is 2.43. The van der Waals surface area contributed by atoms with Crippen molar-refractivity contribution in [1.82, 2.24) is 10.2 Å². The van der Waals surface area contributed by atoms with E-state index in [1.54, 1.807) is 4.88 Å². The minimum atomic E-state index is 0.584. The van der Waals surface area contributed by atoms with E-state index in [0.29, 0.717) is 6.04 Å². The standard InChI is InChI=1S/C16H26N2S/c1-4-17-16(15-8-5-11(2)19-15)12-9-13-6-7-14(10-12)18(13)3/h5,8,12-14,16-17H,4,6-7,9-10H2,1-3H3. The zero-order chi connectivity index (χ0) is 13.4. The number of piperidine rings is 1. The Labute approximate surface area is 121 Å². The first-order valence-corrected chi connectivity index (χ1v) is 8.52. The van der Waals surface area contributed by atoms with Crippen LogP contribution in [0.25, 0.3) is 0 Å². The van der Waals surface area contributed by atoms with Crippen LogP contribution in [0, 0.1) is 12.8 Å². The molecule has 0 saturated carbocycles. The first-order valence-electron chi connectivity index (χ1n) is 7.70. The van der Waals surface area contributed by atoms with E-state index in [-0.39, 0.29) is 0 Å². The number of rotatable bonds is 4. The smallest absolute Gasteiger partial charge is 0.0444 e. The summed E-state index contributed by atoms with van der Waals surface area (Å²) in [6.07, 6.45) is 5.59. The second kappa shape index (κ2) is 5.55. The summed E-state index contributed by atoms with van der Waals surface area (Å²) in [6, 6.07) is 6.87. The highest BCUT2D eigenvalue weighted by molar-refractivity contribution is 7.12. The molecule has 2 fully saturated rings. The highest BCUT2D eigenvalue weighted by Gasteiger charge is 2.41. The molecule has 106 valence electrons. The summed E-state index contributed by atoms with van der Waals surface area (Å²) >= 11 is 1.98. The van der Waals surface area contributed by atoms with Gasteiger partial charge in [0.05, 0.1) is 0 Å². The van der Waals surface area contributed by atoms with E-state index < -0.39 is 0 Å². The third-order valence-corrected chi connectivity index (χ3v) is 6.18. The fourth-order valence-corrected chi connectivity index (χ4v) is 5.11. The molecule has 2 aliphatic heterocycles. The van der Waals surface area contributed by atoms with Crippen molar-refractivity contribution in [3.8, 4) is 0 Å². The molecule has 2 nitrogen and oxygen atoms in total. The lowest BCUT2D eigenvalue weighted by molar-refractivity contribution is 0.113. The Morgan fingerprint density at radius 3 is 2.53 bits per heavy atom. The molecule has 3 heteroatoms. The zero-order valence-corrected chi connectivity index (χ0v) is 13.2.